The topological polar surface area (TPSA) is 52.0 Å². The molecule has 0 aliphatic carbocycles. The fourth-order valence-corrected chi connectivity index (χ4v) is 2.20. The lowest BCUT2D eigenvalue weighted by Crippen LogP contribution is -2.04. The third kappa shape index (κ3) is 3.24. The molecule has 19 heavy (non-hydrogen) atoms. The van der Waals surface area contributed by atoms with Crippen molar-refractivity contribution in [1.29, 1.82) is 0 Å². The van der Waals surface area contributed by atoms with Gasteiger partial charge in [0.15, 0.2) is 11.7 Å². The molecule has 0 aliphatic rings. The van der Waals surface area contributed by atoms with Gasteiger partial charge in [-0.05, 0) is 18.5 Å². The second kappa shape index (κ2) is 6.53. The summed E-state index contributed by atoms with van der Waals surface area (Å²) in [6, 6.07) is 8.56. The van der Waals surface area contributed by atoms with Crippen molar-refractivity contribution in [3.05, 3.63) is 41.4 Å². The van der Waals surface area contributed by atoms with Gasteiger partial charge < -0.3 is 10.2 Å². The van der Waals surface area contributed by atoms with Crippen molar-refractivity contribution in [3.8, 4) is 11.3 Å². The molecule has 0 atom stereocenters. The van der Waals surface area contributed by atoms with Crippen LogP contribution in [0.3, 0.4) is 0 Å². The third-order valence-corrected chi connectivity index (χ3v) is 3.18. The van der Waals surface area contributed by atoms with Gasteiger partial charge in [-0.2, -0.15) is 0 Å². The minimum atomic E-state index is 0.594. The van der Waals surface area contributed by atoms with E-state index < -0.39 is 0 Å². The highest BCUT2D eigenvalue weighted by Crippen LogP contribution is 2.26. The highest BCUT2D eigenvalue weighted by molar-refractivity contribution is 5.60. The van der Waals surface area contributed by atoms with Crippen molar-refractivity contribution in [2.24, 2.45) is 5.73 Å². The van der Waals surface area contributed by atoms with Crippen LogP contribution in [-0.2, 0) is 19.3 Å². The third-order valence-electron chi connectivity index (χ3n) is 3.18. The average Bonchev–Trinajstić information content (AvgIpc) is 2.84. The van der Waals surface area contributed by atoms with E-state index in [4.69, 9.17) is 10.2 Å². The van der Waals surface area contributed by atoms with E-state index in [-0.39, 0.29) is 0 Å². The molecule has 0 unspecified atom stereocenters. The lowest BCUT2D eigenvalue weighted by molar-refractivity contribution is 0.513. The van der Waals surface area contributed by atoms with Gasteiger partial charge in [-0.25, -0.2) is 4.98 Å². The van der Waals surface area contributed by atoms with Gasteiger partial charge in [-0.1, -0.05) is 44.5 Å². The van der Waals surface area contributed by atoms with E-state index >= 15 is 0 Å². The number of oxazole rings is 1. The Hall–Kier alpha value is -1.61. The number of rotatable bonds is 6. The van der Waals surface area contributed by atoms with Crippen molar-refractivity contribution in [1.82, 2.24) is 4.98 Å². The van der Waals surface area contributed by atoms with E-state index in [1.165, 1.54) is 12.0 Å². The molecule has 1 aromatic carbocycles. The molecule has 0 spiro atoms. The molecule has 102 valence electrons. The van der Waals surface area contributed by atoms with Crippen molar-refractivity contribution >= 4 is 0 Å². The lowest BCUT2D eigenvalue weighted by atomic mass is 10.0. The molecule has 0 saturated heterocycles. The standard InChI is InChI=1S/C16H22N2O/c1-3-5-12-6-8-13(9-7-12)16-14(10-11-17)18-15(4-2)19-16/h6-9H,3-5,10-11,17H2,1-2H3. The Kier molecular flexibility index (Phi) is 4.74. The van der Waals surface area contributed by atoms with Gasteiger partial charge in [0.25, 0.3) is 0 Å². The molecular weight excluding hydrogens is 236 g/mol. The molecular formula is C16H22N2O. The first kappa shape index (κ1) is 13.8. The number of hydrogen-bond acceptors (Lipinski definition) is 3. The van der Waals surface area contributed by atoms with Gasteiger partial charge >= 0.3 is 0 Å². The molecule has 0 fully saturated rings. The quantitative estimate of drug-likeness (QED) is 0.864. The Balaban J connectivity index is 2.31. The molecule has 2 rings (SSSR count). The Morgan fingerprint density at radius 1 is 1.11 bits per heavy atom. The molecule has 0 amide bonds. The smallest absolute Gasteiger partial charge is 0.194 e. The van der Waals surface area contributed by atoms with E-state index in [2.05, 4.69) is 36.2 Å². The first-order valence-corrected chi connectivity index (χ1v) is 7.06. The van der Waals surface area contributed by atoms with Crippen LogP contribution in [0.4, 0.5) is 0 Å². The maximum Gasteiger partial charge on any atom is 0.194 e. The first-order valence-electron chi connectivity index (χ1n) is 7.06. The predicted molar refractivity (Wildman–Crippen MR) is 78.1 cm³/mol. The van der Waals surface area contributed by atoms with Crippen LogP contribution >= 0.6 is 0 Å². The first-order chi connectivity index (χ1) is 9.28. The van der Waals surface area contributed by atoms with E-state index in [1.54, 1.807) is 0 Å². The van der Waals surface area contributed by atoms with Gasteiger partial charge in [0, 0.05) is 18.4 Å². The van der Waals surface area contributed by atoms with Crippen molar-refractivity contribution < 1.29 is 4.42 Å². The Labute approximate surface area is 114 Å². The van der Waals surface area contributed by atoms with Crippen molar-refractivity contribution in [3.63, 3.8) is 0 Å². The molecule has 0 bridgehead atoms. The number of nitrogens with zero attached hydrogens (tertiary/aromatic N) is 1. The Morgan fingerprint density at radius 2 is 1.84 bits per heavy atom. The molecule has 1 aromatic heterocycles. The summed E-state index contributed by atoms with van der Waals surface area (Å²) in [6.07, 6.45) is 3.85. The van der Waals surface area contributed by atoms with Gasteiger partial charge in [0.1, 0.15) is 0 Å². The number of aromatic nitrogens is 1. The van der Waals surface area contributed by atoms with Crippen LogP contribution in [0.25, 0.3) is 11.3 Å². The summed E-state index contributed by atoms with van der Waals surface area (Å²) in [5.41, 5.74) is 9.07. The molecule has 0 aliphatic heterocycles. The molecule has 3 nitrogen and oxygen atoms in total. The summed E-state index contributed by atoms with van der Waals surface area (Å²) in [5, 5.41) is 0. The zero-order valence-corrected chi connectivity index (χ0v) is 11.8. The highest BCUT2D eigenvalue weighted by Gasteiger charge is 2.13. The second-order valence-electron chi connectivity index (χ2n) is 4.72. The van der Waals surface area contributed by atoms with E-state index in [9.17, 15) is 0 Å². The summed E-state index contributed by atoms with van der Waals surface area (Å²) in [4.78, 5) is 4.51. The summed E-state index contributed by atoms with van der Waals surface area (Å²) >= 11 is 0. The summed E-state index contributed by atoms with van der Waals surface area (Å²) < 4.78 is 5.84. The van der Waals surface area contributed by atoms with Crippen molar-refractivity contribution in [2.75, 3.05) is 6.54 Å². The maximum atomic E-state index is 5.84. The van der Waals surface area contributed by atoms with Gasteiger partial charge in [-0.15, -0.1) is 0 Å². The largest absolute Gasteiger partial charge is 0.440 e. The summed E-state index contributed by atoms with van der Waals surface area (Å²) in [5.74, 6) is 1.67. The van der Waals surface area contributed by atoms with E-state index in [0.29, 0.717) is 6.54 Å². The van der Waals surface area contributed by atoms with E-state index in [1.807, 2.05) is 6.92 Å². The van der Waals surface area contributed by atoms with Crippen LogP contribution in [0.5, 0.6) is 0 Å². The number of nitrogens with two attached hydrogens (primary N) is 1. The number of benzene rings is 1. The van der Waals surface area contributed by atoms with Gasteiger partial charge in [-0.3, -0.25) is 0 Å². The Bertz CT molecular complexity index is 514. The summed E-state index contributed by atoms with van der Waals surface area (Å²) in [7, 11) is 0. The average molecular weight is 258 g/mol. The normalized spacial score (nSPS) is 10.9. The van der Waals surface area contributed by atoms with Crippen LogP contribution in [-0.4, -0.2) is 11.5 Å². The van der Waals surface area contributed by atoms with Crippen LogP contribution in [0, 0.1) is 0 Å². The number of aryl methyl sites for hydroxylation is 2. The molecule has 0 saturated carbocycles. The Morgan fingerprint density at radius 3 is 2.42 bits per heavy atom. The maximum absolute atomic E-state index is 5.84. The summed E-state index contributed by atoms with van der Waals surface area (Å²) in [6.45, 7) is 4.83. The predicted octanol–water partition coefficient (Wildman–Crippen LogP) is 3.36. The SMILES string of the molecule is CCCc1ccc(-c2oc(CC)nc2CCN)cc1. The van der Waals surface area contributed by atoms with Crippen molar-refractivity contribution in [2.45, 2.75) is 39.5 Å². The fraction of sp³-hybridized carbons (Fsp3) is 0.438. The second-order valence-corrected chi connectivity index (χ2v) is 4.72. The molecule has 2 aromatic rings. The molecule has 2 N–H and O–H groups in total. The van der Waals surface area contributed by atoms with Crippen LogP contribution in [0.1, 0.15) is 37.4 Å². The van der Waals surface area contributed by atoms with Crippen LogP contribution < -0.4 is 5.73 Å². The number of hydrogen-bond donors (Lipinski definition) is 1. The van der Waals surface area contributed by atoms with Gasteiger partial charge in [0.05, 0.1) is 5.69 Å². The molecule has 1 heterocycles. The monoisotopic (exact) mass is 258 g/mol. The van der Waals surface area contributed by atoms with Gasteiger partial charge in [0.2, 0.25) is 0 Å². The van der Waals surface area contributed by atoms with Crippen LogP contribution in [0.15, 0.2) is 28.7 Å². The minimum Gasteiger partial charge on any atom is -0.440 e. The fourth-order valence-electron chi connectivity index (χ4n) is 2.20. The zero-order chi connectivity index (χ0) is 13.7. The molecule has 3 heteroatoms. The highest BCUT2D eigenvalue weighted by atomic mass is 16.4. The van der Waals surface area contributed by atoms with E-state index in [0.717, 1.165) is 42.2 Å². The zero-order valence-electron chi connectivity index (χ0n) is 11.8. The van der Waals surface area contributed by atoms with Crippen LogP contribution in [0.2, 0.25) is 0 Å². The lowest BCUT2D eigenvalue weighted by Gasteiger charge is -2.02. The minimum absolute atomic E-state index is 0.594. The molecule has 0 radical (unpaired) electrons.